The highest BCUT2D eigenvalue weighted by atomic mass is 35.5. The molecule has 0 aliphatic rings. The lowest BCUT2D eigenvalue weighted by Gasteiger charge is -2.10. The summed E-state index contributed by atoms with van der Waals surface area (Å²) in [4.78, 5) is 3.89. The van der Waals surface area contributed by atoms with E-state index in [4.69, 9.17) is 27.9 Å². The summed E-state index contributed by atoms with van der Waals surface area (Å²) < 4.78 is 19.6. The van der Waals surface area contributed by atoms with E-state index in [1.165, 1.54) is 6.20 Å². The van der Waals surface area contributed by atoms with Gasteiger partial charge in [0.1, 0.15) is 10.8 Å². The molecule has 3 nitrogen and oxygen atoms in total. The van der Waals surface area contributed by atoms with Crippen LogP contribution in [0.1, 0.15) is 12.5 Å². The Morgan fingerprint density at radius 2 is 2.10 bits per heavy atom. The minimum absolute atomic E-state index is 0.121. The van der Waals surface area contributed by atoms with Crippen LogP contribution in [0.4, 0.5) is 4.39 Å². The van der Waals surface area contributed by atoms with Crippen LogP contribution in [0.3, 0.4) is 0 Å². The van der Waals surface area contributed by atoms with Gasteiger partial charge in [0, 0.05) is 18.3 Å². The van der Waals surface area contributed by atoms with Gasteiger partial charge in [-0.05, 0) is 24.7 Å². The third kappa shape index (κ3) is 3.39. The molecule has 0 unspecified atom stereocenters. The second kappa shape index (κ2) is 6.88. The number of pyridine rings is 1. The highest BCUT2D eigenvalue weighted by molar-refractivity contribution is 6.42. The lowest BCUT2D eigenvalue weighted by atomic mass is 10.2. The molecular weight excluding hydrogens is 302 g/mol. The molecule has 0 radical (unpaired) electrons. The molecule has 0 aliphatic heterocycles. The number of halogens is 3. The van der Waals surface area contributed by atoms with Gasteiger partial charge in [0.05, 0.1) is 5.02 Å². The van der Waals surface area contributed by atoms with E-state index in [0.717, 1.165) is 6.54 Å². The summed E-state index contributed by atoms with van der Waals surface area (Å²) >= 11 is 11.9. The molecule has 2 rings (SSSR count). The molecule has 0 atom stereocenters. The van der Waals surface area contributed by atoms with E-state index in [0.29, 0.717) is 17.1 Å². The van der Waals surface area contributed by atoms with Crippen molar-refractivity contribution in [3.05, 3.63) is 51.9 Å². The molecule has 0 bridgehead atoms. The zero-order valence-electron chi connectivity index (χ0n) is 10.8. The molecule has 20 heavy (non-hydrogen) atoms. The Kier molecular flexibility index (Phi) is 5.17. The Bertz CT molecular complexity index is 608. The molecule has 106 valence electrons. The first-order valence-electron chi connectivity index (χ1n) is 6.09. The van der Waals surface area contributed by atoms with Crippen LogP contribution in [-0.2, 0) is 6.54 Å². The number of aromatic nitrogens is 1. The van der Waals surface area contributed by atoms with E-state index in [9.17, 15) is 4.39 Å². The molecule has 1 N–H and O–H groups in total. The van der Waals surface area contributed by atoms with E-state index in [1.807, 2.05) is 6.92 Å². The van der Waals surface area contributed by atoms with Gasteiger partial charge >= 0.3 is 0 Å². The third-order valence-electron chi connectivity index (χ3n) is 2.63. The van der Waals surface area contributed by atoms with E-state index < -0.39 is 5.82 Å². The number of hydrogen-bond donors (Lipinski definition) is 1. The SMILES string of the molecule is CCNCc1ccnc(Oc2cccc(Cl)c2Cl)c1F. The van der Waals surface area contributed by atoms with Crippen LogP contribution < -0.4 is 10.1 Å². The van der Waals surface area contributed by atoms with Gasteiger partial charge in [0.2, 0.25) is 0 Å². The number of benzene rings is 1. The second-order valence-electron chi connectivity index (χ2n) is 4.02. The molecular formula is C14H13Cl2FN2O. The van der Waals surface area contributed by atoms with Gasteiger partial charge in [-0.2, -0.15) is 0 Å². The summed E-state index contributed by atoms with van der Waals surface area (Å²) in [6.45, 7) is 3.10. The molecule has 2 aromatic rings. The van der Waals surface area contributed by atoms with Gasteiger partial charge < -0.3 is 10.1 Å². The summed E-state index contributed by atoms with van der Waals surface area (Å²) in [7, 11) is 0. The molecule has 1 heterocycles. The van der Waals surface area contributed by atoms with Crippen LogP contribution in [-0.4, -0.2) is 11.5 Å². The fraction of sp³-hybridized carbons (Fsp3) is 0.214. The number of ether oxygens (including phenoxy) is 1. The van der Waals surface area contributed by atoms with Crippen LogP contribution >= 0.6 is 23.2 Å². The van der Waals surface area contributed by atoms with Crippen molar-refractivity contribution in [3.63, 3.8) is 0 Å². The summed E-state index contributed by atoms with van der Waals surface area (Å²) in [5.41, 5.74) is 0.481. The number of rotatable bonds is 5. The molecule has 0 amide bonds. The highest BCUT2D eigenvalue weighted by Gasteiger charge is 2.14. The summed E-state index contributed by atoms with van der Waals surface area (Å²) in [6.07, 6.45) is 1.49. The lowest BCUT2D eigenvalue weighted by Crippen LogP contribution is -2.13. The standard InChI is InChI=1S/C14H13Cl2FN2O/c1-2-18-8-9-6-7-19-14(13(9)17)20-11-5-3-4-10(15)12(11)16/h3-7,18H,2,8H2,1H3. The molecule has 0 saturated carbocycles. The van der Waals surface area contributed by atoms with Crippen molar-refractivity contribution in [1.29, 1.82) is 0 Å². The molecule has 0 saturated heterocycles. The monoisotopic (exact) mass is 314 g/mol. The van der Waals surface area contributed by atoms with Crippen molar-refractivity contribution in [1.82, 2.24) is 10.3 Å². The topological polar surface area (TPSA) is 34.2 Å². The first-order valence-corrected chi connectivity index (χ1v) is 6.85. The molecule has 0 spiro atoms. The van der Waals surface area contributed by atoms with Gasteiger partial charge in [-0.3, -0.25) is 0 Å². The maximum atomic E-state index is 14.2. The smallest absolute Gasteiger partial charge is 0.256 e. The van der Waals surface area contributed by atoms with Crippen molar-refractivity contribution in [2.24, 2.45) is 0 Å². The highest BCUT2D eigenvalue weighted by Crippen LogP contribution is 2.34. The molecule has 0 aliphatic carbocycles. The maximum Gasteiger partial charge on any atom is 0.256 e. The fourth-order valence-electron chi connectivity index (χ4n) is 1.60. The summed E-state index contributed by atoms with van der Waals surface area (Å²) in [5.74, 6) is -0.361. The maximum absolute atomic E-state index is 14.2. The van der Waals surface area contributed by atoms with E-state index in [-0.39, 0.29) is 16.7 Å². The second-order valence-corrected chi connectivity index (χ2v) is 4.81. The third-order valence-corrected chi connectivity index (χ3v) is 3.43. The number of nitrogens with one attached hydrogen (secondary N) is 1. The van der Waals surface area contributed by atoms with Crippen LogP contribution in [0.15, 0.2) is 30.5 Å². The van der Waals surface area contributed by atoms with Crippen LogP contribution in [0, 0.1) is 5.82 Å². The average molecular weight is 315 g/mol. The zero-order valence-corrected chi connectivity index (χ0v) is 12.3. The zero-order chi connectivity index (χ0) is 14.5. The molecule has 1 aromatic carbocycles. The lowest BCUT2D eigenvalue weighted by molar-refractivity contribution is 0.418. The molecule has 1 aromatic heterocycles. The first-order chi connectivity index (χ1) is 9.63. The number of nitrogens with zero attached hydrogens (tertiary/aromatic N) is 1. The van der Waals surface area contributed by atoms with Crippen molar-refractivity contribution in [2.75, 3.05) is 6.54 Å². The Hall–Kier alpha value is -1.36. The minimum atomic E-state index is -0.510. The van der Waals surface area contributed by atoms with Crippen LogP contribution in [0.2, 0.25) is 10.0 Å². The molecule has 0 fully saturated rings. The Balaban J connectivity index is 2.27. The predicted octanol–water partition coefficient (Wildman–Crippen LogP) is 4.43. The Morgan fingerprint density at radius 3 is 2.85 bits per heavy atom. The normalized spacial score (nSPS) is 10.6. The number of hydrogen-bond acceptors (Lipinski definition) is 3. The fourth-order valence-corrected chi connectivity index (χ4v) is 1.93. The van der Waals surface area contributed by atoms with E-state index in [1.54, 1.807) is 24.3 Å². The van der Waals surface area contributed by atoms with E-state index >= 15 is 0 Å². The van der Waals surface area contributed by atoms with Gasteiger partial charge in [-0.15, -0.1) is 0 Å². The minimum Gasteiger partial charge on any atom is -0.435 e. The quantitative estimate of drug-likeness (QED) is 0.886. The van der Waals surface area contributed by atoms with Crippen molar-refractivity contribution < 1.29 is 9.13 Å². The van der Waals surface area contributed by atoms with Gasteiger partial charge in [0.25, 0.3) is 5.88 Å². The Labute approximate surface area is 126 Å². The largest absolute Gasteiger partial charge is 0.435 e. The van der Waals surface area contributed by atoms with Crippen molar-refractivity contribution in [2.45, 2.75) is 13.5 Å². The van der Waals surface area contributed by atoms with Crippen molar-refractivity contribution >= 4 is 23.2 Å². The summed E-state index contributed by atoms with van der Waals surface area (Å²) in [6, 6.07) is 6.50. The van der Waals surface area contributed by atoms with Gasteiger partial charge in [-0.25, -0.2) is 9.37 Å². The van der Waals surface area contributed by atoms with E-state index in [2.05, 4.69) is 10.3 Å². The van der Waals surface area contributed by atoms with Crippen LogP contribution in [0.25, 0.3) is 0 Å². The van der Waals surface area contributed by atoms with Gasteiger partial charge in [0.15, 0.2) is 5.82 Å². The van der Waals surface area contributed by atoms with Gasteiger partial charge in [-0.1, -0.05) is 36.2 Å². The Morgan fingerprint density at radius 1 is 1.30 bits per heavy atom. The van der Waals surface area contributed by atoms with Crippen LogP contribution in [0.5, 0.6) is 11.6 Å². The first kappa shape index (κ1) is 15.0. The molecule has 6 heteroatoms. The van der Waals surface area contributed by atoms with Crippen molar-refractivity contribution in [3.8, 4) is 11.6 Å². The predicted molar refractivity (Wildman–Crippen MR) is 78.1 cm³/mol. The average Bonchev–Trinajstić information content (AvgIpc) is 2.44. The summed E-state index contributed by atoms with van der Waals surface area (Å²) in [5, 5.41) is 3.62.